The van der Waals surface area contributed by atoms with E-state index in [0.717, 1.165) is 0 Å². The fourth-order valence-electron chi connectivity index (χ4n) is 1.30. The van der Waals surface area contributed by atoms with E-state index in [9.17, 15) is 0 Å². The average molecular weight is 159 g/mol. The first kappa shape index (κ1) is 6.44. The number of rotatable bonds is 2. The van der Waals surface area contributed by atoms with Crippen LogP contribution in [0.25, 0.3) is 0 Å². The third kappa shape index (κ3) is 3.21. The van der Waals surface area contributed by atoms with Crippen molar-refractivity contribution in [1.82, 2.24) is 4.90 Å². The van der Waals surface area contributed by atoms with Crippen molar-refractivity contribution >= 4 is 0 Å². The SMILES string of the molecule is [2H]C([2H])(C(C)C)N1CCO[C@H](C)C1. The Hall–Kier alpha value is -0.0800. The summed E-state index contributed by atoms with van der Waals surface area (Å²) < 4.78 is 21.2. The molecule has 0 amide bonds. The number of hydrogen-bond acceptors (Lipinski definition) is 2. The highest BCUT2D eigenvalue weighted by Crippen LogP contribution is 2.06. The first-order valence-corrected chi connectivity index (χ1v) is 4.31. The molecule has 0 saturated carbocycles. The van der Waals surface area contributed by atoms with Gasteiger partial charge in [-0.1, -0.05) is 13.8 Å². The van der Waals surface area contributed by atoms with E-state index in [-0.39, 0.29) is 12.0 Å². The van der Waals surface area contributed by atoms with E-state index in [2.05, 4.69) is 0 Å². The summed E-state index contributed by atoms with van der Waals surface area (Å²) in [6.07, 6.45) is 0.155. The van der Waals surface area contributed by atoms with Gasteiger partial charge in [0, 0.05) is 22.3 Å². The van der Waals surface area contributed by atoms with E-state index in [0.29, 0.717) is 19.7 Å². The van der Waals surface area contributed by atoms with Gasteiger partial charge in [-0.05, 0) is 12.8 Å². The van der Waals surface area contributed by atoms with Gasteiger partial charge in [0.1, 0.15) is 0 Å². The zero-order valence-corrected chi connectivity index (χ0v) is 7.63. The van der Waals surface area contributed by atoms with Crippen LogP contribution in [-0.2, 0) is 4.74 Å². The zero-order chi connectivity index (χ0) is 10.1. The largest absolute Gasteiger partial charge is 0.376 e. The minimum atomic E-state index is -1.20. The van der Waals surface area contributed by atoms with Crippen LogP contribution in [0.2, 0.25) is 0 Å². The number of nitrogens with zero attached hydrogens (tertiary/aromatic N) is 1. The Kier molecular flexibility index (Phi) is 2.38. The summed E-state index contributed by atoms with van der Waals surface area (Å²) in [7, 11) is 0. The molecule has 2 heteroatoms. The molecule has 66 valence electrons. The summed E-state index contributed by atoms with van der Waals surface area (Å²) in [6.45, 7) is 6.68. The van der Waals surface area contributed by atoms with Crippen molar-refractivity contribution in [3.8, 4) is 0 Å². The monoisotopic (exact) mass is 159 g/mol. The molecule has 0 bridgehead atoms. The summed E-state index contributed by atoms with van der Waals surface area (Å²) in [5.74, 6) is 0.0257. The predicted molar refractivity (Wildman–Crippen MR) is 46.7 cm³/mol. The van der Waals surface area contributed by atoms with Gasteiger partial charge in [-0.15, -0.1) is 0 Å². The van der Waals surface area contributed by atoms with Crippen LogP contribution in [0.5, 0.6) is 0 Å². The Morgan fingerprint density at radius 1 is 1.73 bits per heavy atom. The van der Waals surface area contributed by atoms with Crippen LogP contribution in [0.1, 0.15) is 23.5 Å². The second-order valence-electron chi connectivity index (χ2n) is 3.41. The molecule has 1 aliphatic rings. The average Bonchev–Trinajstić information content (AvgIpc) is 2.04. The molecule has 0 radical (unpaired) electrons. The summed E-state index contributed by atoms with van der Waals surface area (Å²) >= 11 is 0. The summed E-state index contributed by atoms with van der Waals surface area (Å²) in [5.41, 5.74) is 0. The Balaban J connectivity index is 2.59. The Morgan fingerprint density at radius 3 is 3.00 bits per heavy atom. The van der Waals surface area contributed by atoms with E-state index >= 15 is 0 Å². The van der Waals surface area contributed by atoms with Crippen molar-refractivity contribution in [3.05, 3.63) is 0 Å². The van der Waals surface area contributed by atoms with Crippen LogP contribution in [0.4, 0.5) is 0 Å². The minimum absolute atomic E-state index is 0.0257. The van der Waals surface area contributed by atoms with Gasteiger partial charge in [0.2, 0.25) is 0 Å². The smallest absolute Gasteiger partial charge is 0.0674 e. The Labute approximate surface area is 72.3 Å². The lowest BCUT2D eigenvalue weighted by Crippen LogP contribution is -2.42. The molecule has 0 aromatic rings. The van der Waals surface area contributed by atoms with Gasteiger partial charge < -0.3 is 4.74 Å². The molecular weight excluding hydrogens is 138 g/mol. The molecule has 0 spiro atoms. The van der Waals surface area contributed by atoms with E-state index in [4.69, 9.17) is 7.48 Å². The van der Waals surface area contributed by atoms with Crippen molar-refractivity contribution in [1.29, 1.82) is 0 Å². The third-order valence-electron chi connectivity index (χ3n) is 1.68. The lowest BCUT2D eigenvalue weighted by atomic mass is 10.2. The van der Waals surface area contributed by atoms with E-state index in [1.54, 1.807) is 0 Å². The van der Waals surface area contributed by atoms with Crippen LogP contribution >= 0.6 is 0 Å². The molecule has 1 fully saturated rings. The molecule has 1 aliphatic heterocycles. The molecule has 11 heavy (non-hydrogen) atoms. The molecule has 1 saturated heterocycles. The zero-order valence-electron chi connectivity index (χ0n) is 9.63. The van der Waals surface area contributed by atoms with Gasteiger partial charge in [-0.25, -0.2) is 0 Å². The standard InChI is InChI=1S/C9H19NO/c1-8(2)6-10-4-5-11-9(3)7-10/h8-9H,4-7H2,1-3H3/t9-/m1/s1/i6D2. The first-order valence-electron chi connectivity index (χ1n) is 5.31. The van der Waals surface area contributed by atoms with Crippen LogP contribution in [0.3, 0.4) is 0 Å². The second-order valence-corrected chi connectivity index (χ2v) is 3.41. The summed E-state index contributed by atoms with van der Waals surface area (Å²) in [4.78, 5) is 1.88. The van der Waals surface area contributed by atoms with Crippen molar-refractivity contribution in [2.75, 3.05) is 26.2 Å². The molecule has 2 nitrogen and oxygen atoms in total. The highest BCUT2D eigenvalue weighted by atomic mass is 16.5. The molecule has 1 rings (SSSR count). The van der Waals surface area contributed by atoms with Gasteiger partial charge in [0.05, 0.1) is 12.7 Å². The van der Waals surface area contributed by atoms with E-state index in [1.165, 1.54) is 0 Å². The van der Waals surface area contributed by atoms with Gasteiger partial charge >= 0.3 is 0 Å². The third-order valence-corrected chi connectivity index (χ3v) is 1.68. The van der Waals surface area contributed by atoms with Crippen molar-refractivity contribution in [2.24, 2.45) is 5.92 Å². The van der Waals surface area contributed by atoms with Crippen LogP contribution in [-0.4, -0.2) is 37.2 Å². The predicted octanol–water partition coefficient (Wildman–Crippen LogP) is 1.36. The molecule has 0 aliphatic carbocycles. The van der Waals surface area contributed by atoms with Gasteiger partial charge in [-0.3, -0.25) is 4.90 Å². The maximum absolute atomic E-state index is 7.90. The fourth-order valence-corrected chi connectivity index (χ4v) is 1.30. The lowest BCUT2D eigenvalue weighted by Gasteiger charge is -2.32. The topological polar surface area (TPSA) is 12.5 Å². The quantitative estimate of drug-likeness (QED) is 0.603. The summed E-state index contributed by atoms with van der Waals surface area (Å²) in [5, 5.41) is 0. The number of morpholine rings is 1. The fraction of sp³-hybridized carbons (Fsp3) is 1.00. The normalized spacial score (nSPS) is 31.8. The van der Waals surface area contributed by atoms with Crippen molar-refractivity contribution in [3.63, 3.8) is 0 Å². The molecule has 1 atom stereocenters. The van der Waals surface area contributed by atoms with E-state index < -0.39 is 6.50 Å². The number of hydrogen-bond donors (Lipinski definition) is 0. The molecule has 0 aromatic heterocycles. The molecule has 0 aromatic carbocycles. The lowest BCUT2D eigenvalue weighted by molar-refractivity contribution is -0.0216. The van der Waals surface area contributed by atoms with Crippen molar-refractivity contribution < 1.29 is 7.48 Å². The molecule has 0 unspecified atom stereocenters. The van der Waals surface area contributed by atoms with Gasteiger partial charge in [-0.2, -0.15) is 0 Å². The Bertz CT molecular complexity index is 173. The van der Waals surface area contributed by atoms with Gasteiger partial charge in [0.25, 0.3) is 0 Å². The molecule has 1 heterocycles. The van der Waals surface area contributed by atoms with Crippen LogP contribution < -0.4 is 0 Å². The van der Waals surface area contributed by atoms with E-state index in [1.807, 2.05) is 25.7 Å². The molecule has 0 N–H and O–H groups in total. The van der Waals surface area contributed by atoms with Crippen LogP contribution in [0, 0.1) is 5.92 Å². The first-order chi connectivity index (χ1) is 5.94. The van der Waals surface area contributed by atoms with Gasteiger partial charge in [0.15, 0.2) is 0 Å². The highest BCUT2D eigenvalue weighted by molar-refractivity contribution is 4.68. The summed E-state index contributed by atoms with van der Waals surface area (Å²) in [6, 6.07) is 0. The van der Waals surface area contributed by atoms with Crippen molar-refractivity contribution in [2.45, 2.75) is 26.9 Å². The molecular formula is C9H19NO. The Morgan fingerprint density at radius 2 is 2.45 bits per heavy atom. The second kappa shape index (κ2) is 4.07. The highest BCUT2D eigenvalue weighted by Gasteiger charge is 2.16. The van der Waals surface area contributed by atoms with Crippen LogP contribution in [0.15, 0.2) is 0 Å². The maximum atomic E-state index is 7.90. The maximum Gasteiger partial charge on any atom is 0.0674 e. The number of ether oxygens (including phenoxy) is 1. The minimum Gasteiger partial charge on any atom is -0.376 e.